The first-order valence-electron chi connectivity index (χ1n) is 7.11. The molecule has 0 saturated heterocycles. The minimum Gasteiger partial charge on any atom is -0.489 e. The predicted molar refractivity (Wildman–Crippen MR) is 77.8 cm³/mol. The van der Waals surface area contributed by atoms with Crippen LogP contribution in [0.1, 0.15) is 31.2 Å². The molecule has 1 atom stereocenters. The van der Waals surface area contributed by atoms with Crippen LogP contribution in [0.15, 0.2) is 53.8 Å². The third-order valence-electron chi connectivity index (χ3n) is 4.46. The molecule has 5 rings (SSSR count). The lowest BCUT2D eigenvalue weighted by Crippen LogP contribution is -2.04. The average molecular weight is 262 g/mol. The van der Waals surface area contributed by atoms with E-state index in [1.807, 2.05) is 12.3 Å². The molecule has 98 valence electrons. The maximum Gasteiger partial charge on any atom is 0.161 e. The maximum absolute atomic E-state index is 6.00. The minimum atomic E-state index is 0.0722. The lowest BCUT2D eigenvalue weighted by Gasteiger charge is -2.17. The number of fused-ring (bicyclic) bond motifs is 8. The Morgan fingerprint density at radius 1 is 1.15 bits per heavy atom. The summed E-state index contributed by atoms with van der Waals surface area (Å²) in [7, 11) is 0. The van der Waals surface area contributed by atoms with E-state index in [1.165, 1.54) is 22.4 Å². The van der Waals surface area contributed by atoms with E-state index in [0.29, 0.717) is 0 Å². The Morgan fingerprint density at radius 3 is 3.05 bits per heavy atom. The van der Waals surface area contributed by atoms with Gasteiger partial charge in [0.25, 0.3) is 0 Å². The number of allylic oxidation sites excluding steroid dienone is 4. The predicted octanol–water partition coefficient (Wildman–Crippen LogP) is 3.96. The molecule has 3 heterocycles. The lowest BCUT2D eigenvalue weighted by atomic mass is 9.93. The molecular formula is C17H14N2O. The summed E-state index contributed by atoms with van der Waals surface area (Å²) in [5, 5.41) is 0. The van der Waals surface area contributed by atoms with Crippen LogP contribution in [0.3, 0.4) is 0 Å². The summed E-state index contributed by atoms with van der Waals surface area (Å²) >= 11 is 0. The number of hydrogen-bond donors (Lipinski definition) is 0. The van der Waals surface area contributed by atoms with E-state index in [0.717, 1.165) is 30.6 Å². The zero-order chi connectivity index (χ0) is 13.1. The summed E-state index contributed by atoms with van der Waals surface area (Å²) in [6.45, 7) is 0. The summed E-state index contributed by atoms with van der Waals surface area (Å²) in [5.41, 5.74) is 6.40. The van der Waals surface area contributed by atoms with E-state index in [-0.39, 0.29) is 6.10 Å². The van der Waals surface area contributed by atoms with E-state index in [4.69, 9.17) is 9.72 Å². The molecule has 0 spiro atoms. The van der Waals surface area contributed by atoms with Crippen molar-refractivity contribution in [2.45, 2.75) is 25.4 Å². The summed E-state index contributed by atoms with van der Waals surface area (Å²) < 4.78 is 8.32. The smallest absolute Gasteiger partial charge is 0.161 e. The summed E-state index contributed by atoms with van der Waals surface area (Å²) in [6.07, 6.45) is 9.44. The quantitative estimate of drug-likeness (QED) is 0.672. The molecular weight excluding hydrogens is 248 g/mol. The lowest BCUT2D eigenvalue weighted by molar-refractivity contribution is 0.150. The Kier molecular flexibility index (Phi) is 1.90. The Labute approximate surface area is 116 Å². The van der Waals surface area contributed by atoms with Crippen LogP contribution in [0.2, 0.25) is 0 Å². The zero-order valence-corrected chi connectivity index (χ0v) is 11.0. The number of imidazole rings is 1. The summed E-state index contributed by atoms with van der Waals surface area (Å²) in [4.78, 5) is 4.77. The molecule has 3 nitrogen and oxygen atoms in total. The van der Waals surface area contributed by atoms with Gasteiger partial charge in [-0.1, -0.05) is 24.3 Å². The van der Waals surface area contributed by atoms with Crippen LogP contribution < -0.4 is 0 Å². The first-order chi connectivity index (χ1) is 9.92. The van der Waals surface area contributed by atoms with Crippen molar-refractivity contribution in [3.63, 3.8) is 0 Å². The van der Waals surface area contributed by atoms with Crippen LogP contribution in [-0.2, 0) is 4.74 Å². The number of para-hydroxylation sites is 2. The summed E-state index contributed by atoms with van der Waals surface area (Å²) in [6, 6.07) is 8.35. The fourth-order valence-electron chi connectivity index (χ4n) is 3.52. The van der Waals surface area contributed by atoms with Gasteiger partial charge >= 0.3 is 0 Å². The van der Waals surface area contributed by atoms with Crippen molar-refractivity contribution in [2.24, 2.45) is 0 Å². The van der Waals surface area contributed by atoms with Crippen LogP contribution in [-0.4, -0.2) is 9.55 Å². The Hall–Kier alpha value is -2.29. The normalized spacial score (nSPS) is 23.2. The maximum atomic E-state index is 6.00. The first kappa shape index (κ1) is 10.5. The van der Waals surface area contributed by atoms with Crippen molar-refractivity contribution in [2.75, 3.05) is 0 Å². The van der Waals surface area contributed by atoms with Gasteiger partial charge in [-0.3, -0.25) is 4.57 Å². The molecule has 1 aromatic carbocycles. The number of ether oxygens (including phenoxy) is 1. The highest BCUT2D eigenvalue weighted by atomic mass is 16.5. The highest BCUT2D eigenvalue weighted by Crippen LogP contribution is 2.46. The van der Waals surface area contributed by atoms with Gasteiger partial charge in [0.05, 0.1) is 17.3 Å². The van der Waals surface area contributed by atoms with E-state index in [9.17, 15) is 0 Å². The molecule has 0 radical (unpaired) electrons. The van der Waals surface area contributed by atoms with Crippen LogP contribution in [0.4, 0.5) is 0 Å². The van der Waals surface area contributed by atoms with E-state index < -0.39 is 0 Å². The van der Waals surface area contributed by atoms with Crippen LogP contribution in [0.5, 0.6) is 0 Å². The van der Waals surface area contributed by atoms with Crippen molar-refractivity contribution in [3.05, 3.63) is 59.7 Å². The Morgan fingerprint density at radius 2 is 2.05 bits per heavy atom. The minimum absolute atomic E-state index is 0.0722. The van der Waals surface area contributed by atoms with Gasteiger partial charge in [-0.2, -0.15) is 0 Å². The number of hydrogen-bond acceptors (Lipinski definition) is 2. The largest absolute Gasteiger partial charge is 0.489 e. The van der Waals surface area contributed by atoms with E-state index in [1.54, 1.807) is 0 Å². The Balaban J connectivity index is 1.87. The first-order valence-corrected chi connectivity index (χ1v) is 7.11. The van der Waals surface area contributed by atoms with Gasteiger partial charge in [0, 0.05) is 12.1 Å². The molecule has 3 heteroatoms. The SMILES string of the molecule is C1=CCC2=C3CC(OC=C2C1)c1nc2ccccc2n13. The highest BCUT2D eigenvalue weighted by Gasteiger charge is 2.35. The third kappa shape index (κ3) is 1.22. The van der Waals surface area contributed by atoms with E-state index >= 15 is 0 Å². The molecule has 3 aliphatic rings. The van der Waals surface area contributed by atoms with Gasteiger partial charge in [0.2, 0.25) is 0 Å². The molecule has 2 aliphatic heterocycles. The topological polar surface area (TPSA) is 27.1 Å². The van der Waals surface area contributed by atoms with Gasteiger partial charge in [-0.15, -0.1) is 0 Å². The van der Waals surface area contributed by atoms with E-state index in [2.05, 4.69) is 34.9 Å². The van der Waals surface area contributed by atoms with Crippen molar-refractivity contribution in [1.82, 2.24) is 9.55 Å². The van der Waals surface area contributed by atoms with Crippen molar-refractivity contribution in [3.8, 4) is 0 Å². The molecule has 1 aliphatic carbocycles. The highest BCUT2D eigenvalue weighted by molar-refractivity contribution is 5.83. The second kappa shape index (κ2) is 3.63. The molecule has 2 aromatic rings. The van der Waals surface area contributed by atoms with Gasteiger partial charge in [-0.05, 0) is 36.1 Å². The number of aromatic nitrogens is 2. The van der Waals surface area contributed by atoms with Crippen LogP contribution >= 0.6 is 0 Å². The van der Waals surface area contributed by atoms with Crippen molar-refractivity contribution >= 4 is 16.7 Å². The second-order valence-electron chi connectivity index (χ2n) is 5.57. The molecule has 0 N–H and O–H groups in total. The number of rotatable bonds is 0. The van der Waals surface area contributed by atoms with Gasteiger partial charge < -0.3 is 4.74 Å². The van der Waals surface area contributed by atoms with Crippen LogP contribution in [0.25, 0.3) is 16.7 Å². The standard InChI is InChI=1S/C17H14N2O/c1-2-6-12-11(5-1)10-20-16-9-15(12)19-14-8-4-3-7-13(14)18-17(16)19/h1-4,7-8,10,16H,5-6,9H2. The molecule has 1 aromatic heterocycles. The molecule has 1 unspecified atom stereocenters. The van der Waals surface area contributed by atoms with Crippen LogP contribution in [0, 0.1) is 0 Å². The Bertz CT molecular complexity index is 823. The monoisotopic (exact) mass is 262 g/mol. The second-order valence-corrected chi connectivity index (χ2v) is 5.57. The van der Waals surface area contributed by atoms with Crippen molar-refractivity contribution in [1.29, 1.82) is 0 Å². The van der Waals surface area contributed by atoms with Crippen molar-refractivity contribution < 1.29 is 4.74 Å². The number of benzene rings is 1. The number of nitrogens with zero attached hydrogens (tertiary/aromatic N) is 2. The molecule has 20 heavy (non-hydrogen) atoms. The fraction of sp³-hybridized carbons (Fsp3) is 0.235. The molecule has 0 amide bonds. The van der Waals surface area contributed by atoms with Gasteiger partial charge in [0.1, 0.15) is 0 Å². The van der Waals surface area contributed by atoms with Gasteiger partial charge in [0.15, 0.2) is 11.9 Å². The summed E-state index contributed by atoms with van der Waals surface area (Å²) in [5.74, 6) is 1.05. The zero-order valence-electron chi connectivity index (χ0n) is 11.0. The third-order valence-corrected chi connectivity index (χ3v) is 4.46. The molecule has 0 saturated carbocycles. The fourth-order valence-corrected chi connectivity index (χ4v) is 3.52. The molecule has 2 bridgehead atoms. The average Bonchev–Trinajstić information content (AvgIpc) is 2.95. The molecule has 0 fully saturated rings. The van der Waals surface area contributed by atoms with Gasteiger partial charge in [-0.25, -0.2) is 4.98 Å².